The lowest BCUT2D eigenvalue weighted by molar-refractivity contribution is -0.132. The van der Waals surface area contributed by atoms with E-state index in [2.05, 4.69) is 34.2 Å². The molecule has 4 rings (SSSR count). The molecule has 0 bridgehead atoms. The van der Waals surface area contributed by atoms with Crippen LogP contribution in [0.25, 0.3) is 0 Å². The number of ether oxygens (including phenoxy) is 2. The SMILES string of the molecule is CC[C@@H](NC(=O)c1cccc2c1CN(C(=O)CCc1ccc(OC)cc1OC)CC2)c1ccc(Br)cc1. The van der Waals surface area contributed by atoms with Gasteiger partial charge in [0.2, 0.25) is 5.91 Å². The number of nitrogens with zero attached hydrogens (tertiary/aromatic N) is 1. The number of carbonyl (C=O) groups excluding carboxylic acids is 2. The second-order valence-electron chi connectivity index (χ2n) is 9.17. The van der Waals surface area contributed by atoms with Crippen LogP contribution in [0.2, 0.25) is 0 Å². The van der Waals surface area contributed by atoms with Crippen molar-refractivity contribution in [1.29, 1.82) is 0 Å². The summed E-state index contributed by atoms with van der Waals surface area (Å²) in [5.74, 6) is 1.39. The number of fused-ring (bicyclic) bond motifs is 1. The molecule has 0 spiro atoms. The third-order valence-electron chi connectivity index (χ3n) is 6.96. The first-order valence-corrected chi connectivity index (χ1v) is 13.4. The average Bonchev–Trinajstić information content (AvgIpc) is 2.94. The quantitative estimate of drug-likeness (QED) is 0.353. The zero-order chi connectivity index (χ0) is 26.4. The fourth-order valence-corrected chi connectivity index (χ4v) is 5.08. The average molecular weight is 566 g/mol. The van der Waals surface area contributed by atoms with Gasteiger partial charge < -0.3 is 19.7 Å². The molecule has 6 nitrogen and oxygen atoms in total. The summed E-state index contributed by atoms with van der Waals surface area (Å²) in [6, 6.07) is 19.4. The van der Waals surface area contributed by atoms with Crippen LogP contribution in [0.3, 0.4) is 0 Å². The number of methoxy groups -OCH3 is 2. The highest BCUT2D eigenvalue weighted by atomic mass is 79.9. The van der Waals surface area contributed by atoms with Crippen LogP contribution in [0.5, 0.6) is 11.5 Å². The highest BCUT2D eigenvalue weighted by Crippen LogP contribution is 2.28. The lowest BCUT2D eigenvalue weighted by Gasteiger charge is -2.30. The Morgan fingerprint density at radius 3 is 2.54 bits per heavy atom. The van der Waals surface area contributed by atoms with Crippen molar-refractivity contribution in [1.82, 2.24) is 10.2 Å². The highest BCUT2D eigenvalue weighted by Gasteiger charge is 2.26. The van der Waals surface area contributed by atoms with Gasteiger partial charge in [0.1, 0.15) is 11.5 Å². The molecule has 1 N–H and O–H groups in total. The number of amides is 2. The number of halogens is 1. The molecule has 0 aliphatic carbocycles. The van der Waals surface area contributed by atoms with Gasteiger partial charge in [-0.1, -0.05) is 53.2 Å². The van der Waals surface area contributed by atoms with E-state index in [9.17, 15) is 9.59 Å². The Hall–Kier alpha value is -3.32. The number of rotatable bonds is 9. The molecular weight excluding hydrogens is 532 g/mol. The lowest BCUT2D eigenvalue weighted by atomic mass is 9.93. The van der Waals surface area contributed by atoms with Crippen molar-refractivity contribution < 1.29 is 19.1 Å². The van der Waals surface area contributed by atoms with Gasteiger partial charge in [-0.15, -0.1) is 0 Å². The van der Waals surface area contributed by atoms with E-state index in [1.807, 2.05) is 59.5 Å². The predicted octanol–water partition coefficient (Wildman–Crippen LogP) is 5.86. The third-order valence-corrected chi connectivity index (χ3v) is 7.49. The minimum atomic E-state index is -0.108. The van der Waals surface area contributed by atoms with Crippen LogP contribution in [-0.4, -0.2) is 37.5 Å². The van der Waals surface area contributed by atoms with Gasteiger partial charge in [-0.3, -0.25) is 9.59 Å². The number of hydrogen-bond donors (Lipinski definition) is 1. The molecule has 2 amide bonds. The van der Waals surface area contributed by atoms with Gasteiger partial charge in [0.25, 0.3) is 5.91 Å². The van der Waals surface area contributed by atoms with E-state index < -0.39 is 0 Å². The standard InChI is InChI=1S/C30H33BrN2O4/c1-4-27(21-8-12-23(31)13-9-21)32-30(35)25-7-5-6-20-16-17-33(19-26(20)25)29(34)15-11-22-10-14-24(36-2)18-28(22)37-3/h5-10,12-14,18,27H,4,11,15-17,19H2,1-3H3,(H,32,35)/t27-/m1/s1. The maximum Gasteiger partial charge on any atom is 0.252 e. The van der Waals surface area contributed by atoms with Crippen molar-refractivity contribution in [2.45, 2.75) is 45.2 Å². The van der Waals surface area contributed by atoms with Crippen molar-refractivity contribution in [3.05, 3.63) is 93.0 Å². The van der Waals surface area contributed by atoms with Crippen LogP contribution < -0.4 is 14.8 Å². The molecule has 0 aromatic heterocycles. The maximum absolute atomic E-state index is 13.4. The summed E-state index contributed by atoms with van der Waals surface area (Å²) < 4.78 is 11.8. The Morgan fingerprint density at radius 2 is 1.84 bits per heavy atom. The lowest BCUT2D eigenvalue weighted by Crippen LogP contribution is -2.38. The van der Waals surface area contributed by atoms with E-state index in [1.54, 1.807) is 14.2 Å². The molecule has 3 aromatic rings. The van der Waals surface area contributed by atoms with Gasteiger partial charge in [-0.2, -0.15) is 0 Å². The van der Waals surface area contributed by atoms with Crippen LogP contribution in [0.4, 0.5) is 0 Å². The Labute approximate surface area is 227 Å². The molecule has 0 unspecified atom stereocenters. The molecule has 3 aromatic carbocycles. The second kappa shape index (κ2) is 12.3. The van der Waals surface area contributed by atoms with Crippen molar-refractivity contribution in [2.75, 3.05) is 20.8 Å². The molecule has 0 saturated carbocycles. The number of carbonyl (C=O) groups is 2. The summed E-state index contributed by atoms with van der Waals surface area (Å²) in [6.07, 6.45) is 2.45. The minimum Gasteiger partial charge on any atom is -0.497 e. The Kier molecular flexibility index (Phi) is 8.87. The fourth-order valence-electron chi connectivity index (χ4n) is 4.82. The fraction of sp³-hybridized carbons (Fsp3) is 0.333. The number of nitrogens with one attached hydrogen (secondary N) is 1. The zero-order valence-electron chi connectivity index (χ0n) is 21.6. The molecule has 0 saturated heterocycles. The van der Waals surface area contributed by atoms with Gasteiger partial charge >= 0.3 is 0 Å². The summed E-state index contributed by atoms with van der Waals surface area (Å²) in [5, 5.41) is 3.20. The molecule has 1 heterocycles. The molecule has 194 valence electrons. The monoisotopic (exact) mass is 564 g/mol. The summed E-state index contributed by atoms with van der Waals surface area (Å²) in [7, 11) is 3.23. The summed E-state index contributed by atoms with van der Waals surface area (Å²) in [6.45, 7) is 3.14. The van der Waals surface area contributed by atoms with E-state index in [-0.39, 0.29) is 17.9 Å². The van der Waals surface area contributed by atoms with Gasteiger partial charge in [0.05, 0.1) is 20.3 Å². The molecule has 7 heteroatoms. The van der Waals surface area contributed by atoms with Gasteiger partial charge in [0.15, 0.2) is 0 Å². The first-order valence-electron chi connectivity index (χ1n) is 12.6. The molecular formula is C30H33BrN2O4. The predicted molar refractivity (Wildman–Crippen MR) is 148 cm³/mol. The zero-order valence-corrected chi connectivity index (χ0v) is 23.1. The summed E-state index contributed by atoms with van der Waals surface area (Å²) >= 11 is 3.47. The Morgan fingerprint density at radius 1 is 1.05 bits per heavy atom. The van der Waals surface area contributed by atoms with E-state index >= 15 is 0 Å². The van der Waals surface area contributed by atoms with Crippen molar-refractivity contribution in [2.24, 2.45) is 0 Å². The van der Waals surface area contributed by atoms with E-state index in [4.69, 9.17) is 9.47 Å². The van der Waals surface area contributed by atoms with E-state index in [0.29, 0.717) is 37.2 Å². The molecule has 37 heavy (non-hydrogen) atoms. The maximum atomic E-state index is 13.4. The third kappa shape index (κ3) is 6.34. The summed E-state index contributed by atoms with van der Waals surface area (Å²) in [5.41, 5.74) is 4.74. The molecule has 0 fully saturated rings. The van der Waals surface area contributed by atoms with Crippen molar-refractivity contribution >= 4 is 27.7 Å². The molecule has 1 atom stereocenters. The van der Waals surface area contributed by atoms with Crippen LogP contribution in [0.15, 0.2) is 65.1 Å². The van der Waals surface area contributed by atoms with Crippen LogP contribution >= 0.6 is 15.9 Å². The van der Waals surface area contributed by atoms with Gasteiger partial charge in [-0.25, -0.2) is 0 Å². The largest absolute Gasteiger partial charge is 0.497 e. The Balaban J connectivity index is 1.45. The molecule has 0 radical (unpaired) electrons. The van der Waals surface area contributed by atoms with Crippen molar-refractivity contribution in [3.8, 4) is 11.5 Å². The first-order chi connectivity index (χ1) is 17.9. The topological polar surface area (TPSA) is 67.9 Å². The minimum absolute atomic E-state index is 0.0695. The number of aryl methyl sites for hydroxylation is 1. The van der Waals surface area contributed by atoms with Gasteiger partial charge in [0, 0.05) is 35.6 Å². The van der Waals surface area contributed by atoms with Crippen LogP contribution in [-0.2, 0) is 24.2 Å². The first kappa shape index (κ1) is 26.7. The summed E-state index contributed by atoms with van der Waals surface area (Å²) in [4.78, 5) is 28.4. The second-order valence-corrected chi connectivity index (χ2v) is 10.1. The van der Waals surface area contributed by atoms with Crippen LogP contribution in [0, 0.1) is 0 Å². The molecule has 1 aliphatic heterocycles. The normalized spacial score (nSPS) is 13.5. The van der Waals surface area contributed by atoms with Crippen LogP contribution in [0.1, 0.15) is 58.4 Å². The number of hydrogen-bond acceptors (Lipinski definition) is 4. The van der Waals surface area contributed by atoms with E-state index in [1.165, 1.54) is 0 Å². The smallest absolute Gasteiger partial charge is 0.252 e. The number of benzene rings is 3. The highest BCUT2D eigenvalue weighted by molar-refractivity contribution is 9.10. The van der Waals surface area contributed by atoms with E-state index in [0.717, 1.165) is 45.3 Å². The Bertz CT molecular complexity index is 1260. The van der Waals surface area contributed by atoms with Gasteiger partial charge in [-0.05, 0) is 65.8 Å². The van der Waals surface area contributed by atoms with Crippen molar-refractivity contribution in [3.63, 3.8) is 0 Å². The molecule has 1 aliphatic rings.